The highest BCUT2D eigenvalue weighted by Gasteiger charge is 2.63. The summed E-state index contributed by atoms with van der Waals surface area (Å²) in [6.07, 6.45) is 2.91. The van der Waals surface area contributed by atoms with Gasteiger partial charge >= 0.3 is 0 Å². The molecular weight excluding hydrogens is 156 g/mol. The van der Waals surface area contributed by atoms with E-state index in [9.17, 15) is 5.11 Å². The maximum atomic E-state index is 9.91. The molecule has 4 rings (SSSR count). The van der Waals surface area contributed by atoms with E-state index in [1.807, 2.05) is 0 Å². The van der Waals surface area contributed by atoms with Gasteiger partial charge in [0, 0.05) is 12.8 Å². The minimum Gasteiger partial charge on any atom is -0.387 e. The van der Waals surface area contributed by atoms with Crippen LogP contribution in [0.4, 0.5) is 0 Å². The average molecular weight is 170 g/mol. The summed E-state index contributed by atoms with van der Waals surface area (Å²) in [6.45, 7) is 2.08. The zero-order chi connectivity index (χ0) is 8.34. The Labute approximate surface area is 71.7 Å². The van der Waals surface area contributed by atoms with Gasteiger partial charge in [-0.05, 0) is 6.42 Å². The van der Waals surface area contributed by atoms with Gasteiger partial charge in [0.15, 0.2) is 0 Å². The van der Waals surface area contributed by atoms with Crippen molar-refractivity contribution in [2.75, 3.05) is 0 Å². The normalized spacial score (nSPS) is 61.5. The molecule has 0 aromatic carbocycles. The van der Waals surface area contributed by atoms with Crippen molar-refractivity contribution in [1.29, 1.82) is 0 Å². The van der Waals surface area contributed by atoms with Crippen LogP contribution in [0, 0.1) is 0 Å². The van der Waals surface area contributed by atoms with E-state index in [1.165, 1.54) is 0 Å². The SMILES string of the molecule is CCC12CC3CC(O1)C(O3)C2O. The van der Waals surface area contributed by atoms with Crippen molar-refractivity contribution in [3.05, 3.63) is 0 Å². The lowest BCUT2D eigenvalue weighted by Gasteiger charge is -2.39. The second-order valence-corrected chi connectivity index (χ2v) is 4.18. The van der Waals surface area contributed by atoms with Crippen molar-refractivity contribution in [3.63, 3.8) is 0 Å². The maximum absolute atomic E-state index is 9.91. The molecule has 3 nitrogen and oxygen atoms in total. The monoisotopic (exact) mass is 170 g/mol. The molecule has 12 heavy (non-hydrogen) atoms. The Bertz CT molecular complexity index is 214. The van der Waals surface area contributed by atoms with Crippen LogP contribution in [0.15, 0.2) is 0 Å². The first kappa shape index (κ1) is 7.30. The van der Waals surface area contributed by atoms with Crippen LogP contribution in [0.2, 0.25) is 0 Å². The van der Waals surface area contributed by atoms with E-state index in [1.54, 1.807) is 0 Å². The molecule has 5 atom stereocenters. The molecule has 1 N–H and O–H groups in total. The molecular formula is C9H14O3. The second kappa shape index (κ2) is 2.03. The standard InChI is InChI=1S/C9H14O3/c1-2-9-4-5-3-6(12-9)7(11-5)8(9)10/h5-8,10H,2-4H2,1H3. The van der Waals surface area contributed by atoms with Crippen LogP contribution >= 0.6 is 0 Å². The van der Waals surface area contributed by atoms with Crippen molar-refractivity contribution in [1.82, 2.24) is 0 Å². The molecule has 5 unspecified atom stereocenters. The number of hydrogen-bond donors (Lipinski definition) is 1. The molecule has 0 aliphatic carbocycles. The van der Waals surface area contributed by atoms with E-state index < -0.39 is 0 Å². The summed E-state index contributed by atoms with van der Waals surface area (Å²) in [4.78, 5) is 0. The largest absolute Gasteiger partial charge is 0.387 e. The van der Waals surface area contributed by atoms with Crippen molar-refractivity contribution in [2.45, 2.75) is 56.2 Å². The molecule has 0 amide bonds. The van der Waals surface area contributed by atoms with Gasteiger partial charge in [0.25, 0.3) is 0 Å². The van der Waals surface area contributed by atoms with Crippen molar-refractivity contribution >= 4 is 0 Å². The number of aliphatic hydroxyl groups excluding tert-OH is 1. The molecule has 0 radical (unpaired) electrons. The van der Waals surface area contributed by atoms with Crippen LogP contribution in [0.5, 0.6) is 0 Å². The quantitative estimate of drug-likeness (QED) is 0.621. The fourth-order valence-electron chi connectivity index (χ4n) is 2.94. The highest BCUT2D eigenvalue weighted by molar-refractivity contribution is 5.12. The third-order valence-corrected chi connectivity index (χ3v) is 3.62. The minimum atomic E-state index is -0.383. The number of ether oxygens (including phenoxy) is 2. The Hall–Kier alpha value is -0.120. The Morgan fingerprint density at radius 2 is 2.42 bits per heavy atom. The predicted octanol–water partition coefficient (Wildman–Crippen LogP) is 0.456. The molecule has 4 saturated heterocycles. The van der Waals surface area contributed by atoms with Gasteiger partial charge in [-0.3, -0.25) is 0 Å². The topological polar surface area (TPSA) is 38.7 Å². The number of aliphatic hydroxyl groups is 1. The van der Waals surface area contributed by atoms with Gasteiger partial charge in [-0.2, -0.15) is 0 Å². The van der Waals surface area contributed by atoms with Crippen molar-refractivity contribution in [3.8, 4) is 0 Å². The highest BCUT2D eigenvalue weighted by atomic mass is 16.6. The summed E-state index contributed by atoms with van der Waals surface area (Å²) < 4.78 is 11.4. The lowest BCUT2D eigenvalue weighted by Crippen LogP contribution is -2.50. The van der Waals surface area contributed by atoms with Gasteiger partial charge in [0.05, 0.1) is 17.8 Å². The summed E-state index contributed by atoms with van der Waals surface area (Å²) in [6, 6.07) is 0. The van der Waals surface area contributed by atoms with Gasteiger partial charge in [-0.15, -0.1) is 0 Å². The van der Waals surface area contributed by atoms with E-state index >= 15 is 0 Å². The molecule has 4 aliphatic rings. The Morgan fingerprint density at radius 1 is 1.58 bits per heavy atom. The second-order valence-electron chi connectivity index (χ2n) is 4.18. The smallest absolute Gasteiger partial charge is 0.113 e. The lowest BCUT2D eigenvalue weighted by atomic mass is 9.86. The zero-order valence-corrected chi connectivity index (χ0v) is 7.19. The van der Waals surface area contributed by atoms with E-state index in [2.05, 4.69) is 6.92 Å². The van der Waals surface area contributed by atoms with Gasteiger partial charge in [0.1, 0.15) is 12.2 Å². The summed E-state index contributed by atoms with van der Waals surface area (Å²) in [5.74, 6) is 0. The zero-order valence-electron chi connectivity index (χ0n) is 7.19. The van der Waals surface area contributed by atoms with Crippen LogP contribution < -0.4 is 0 Å². The van der Waals surface area contributed by atoms with Crippen LogP contribution in [-0.2, 0) is 9.47 Å². The molecule has 4 aliphatic heterocycles. The highest BCUT2D eigenvalue weighted by Crippen LogP contribution is 2.51. The van der Waals surface area contributed by atoms with Crippen molar-refractivity contribution in [2.24, 2.45) is 0 Å². The first-order valence-corrected chi connectivity index (χ1v) is 4.76. The molecule has 0 spiro atoms. The molecule has 3 heteroatoms. The fraction of sp³-hybridized carbons (Fsp3) is 1.00. The van der Waals surface area contributed by atoms with Crippen molar-refractivity contribution < 1.29 is 14.6 Å². The average Bonchev–Trinajstić information content (AvgIpc) is 2.47. The number of hydrogen-bond acceptors (Lipinski definition) is 3. The summed E-state index contributed by atoms with van der Waals surface area (Å²) in [7, 11) is 0. The summed E-state index contributed by atoms with van der Waals surface area (Å²) in [5.41, 5.74) is -0.253. The molecule has 0 aromatic rings. The Balaban J connectivity index is 1.99. The minimum absolute atomic E-state index is 0.0244. The lowest BCUT2D eigenvalue weighted by molar-refractivity contribution is -0.163. The van der Waals surface area contributed by atoms with Gasteiger partial charge in [-0.1, -0.05) is 6.92 Å². The van der Waals surface area contributed by atoms with E-state index in [0.29, 0.717) is 6.10 Å². The van der Waals surface area contributed by atoms with Crippen LogP contribution in [0.1, 0.15) is 26.2 Å². The Morgan fingerprint density at radius 3 is 3.08 bits per heavy atom. The van der Waals surface area contributed by atoms with E-state index in [-0.39, 0.29) is 23.9 Å². The van der Waals surface area contributed by atoms with Crippen LogP contribution in [0.25, 0.3) is 0 Å². The van der Waals surface area contributed by atoms with Gasteiger partial charge in [-0.25, -0.2) is 0 Å². The van der Waals surface area contributed by atoms with Crippen LogP contribution in [0.3, 0.4) is 0 Å². The molecule has 68 valence electrons. The first-order valence-electron chi connectivity index (χ1n) is 4.76. The molecule has 4 heterocycles. The van der Waals surface area contributed by atoms with Crippen LogP contribution in [-0.4, -0.2) is 35.1 Å². The molecule has 4 fully saturated rings. The number of rotatable bonds is 1. The predicted molar refractivity (Wildman–Crippen MR) is 41.8 cm³/mol. The third kappa shape index (κ3) is 0.640. The van der Waals surface area contributed by atoms with Gasteiger partial charge in [0.2, 0.25) is 0 Å². The third-order valence-electron chi connectivity index (χ3n) is 3.62. The first-order chi connectivity index (χ1) is 5.75. The summed E-state index contributed by atoms with van der Waals surface area (Å²) >= 11 is 0. The summed E-state index contributed by atoms with van der Waals surface area (Å²) in [5, 5.41) is 9.91. The molecule has 0 aromatic heterocycles. The van der Waals surface area contributed by atoms with E-state index in [0.717, 1.165) is 19.3 Å². The maximum Gasteiger partial charge on any atom is 0.113 e. The van der Waals surface area contributed by atoms with E-state index in [4.69, 9.17) is 9.47 Å². The molecule has 0 saturated carbocycles. The van der Waals surface area contributed by atoms with Gasteiger partial charge < -0.3 is 14.6 Å². The molecule has 4 bridgehead atoms. The fourth-order valence-corrected chi connectivity index (χ4v) is 2.94. The Kier molecular flexibility index (Phi) is 1.23.